The van der Waals surface area contributed by atoms with Gasteiger partial charge in [0.2, 0.25) is 23.6 Å². The molecule has 6 amide bonds. The third-order valence-electron chi connectivity index (χ3n) is 11.7. The minimum atomic E-state index is -1.04. The summed E-state index contributed by atoms with van der Waals surface area (Å²) in [6.07, 6.45) is 3.58. The molecule has 3 unspecified atom stereocenters. The third-order valence-corrected chi connectivity index (χ3v) is 13.3. The van der Waals surface area contributed by atoms with E-state index in [1.807, 2.05) is 6.92 Å². The molecule has 21 heteroatoms. The molecular weight excluding hydrogens is 856 g/mol. The fraction of sp³-hybridized carbons (Fsp3) is 0.476. The van der Waals surface area contributed by atoms with Crippen molar-refractivity contribution in [1.82, 2.24) is 25.5 Å². The molecule has 1 spiro atoms. The van der Waals surface area contributed by atoms with Crippen molar-refractivity contribution in [2.75, 3.05) is 80.5 Å². The first-order chi connectivity index (χ1) is 30.3. The predicted molar refractivity (Wildman–Crippen MR) is 233 cm³/mol. The number of halogens is 1. The van der Waals surface area contributed by atoms with E-state index < -0.39 is 29.7 Å². The van der Waals surface area contributed by atoms with Crippen LogP contribution in [0.4, 0.5) is 23.0 Å². The van der Waals surface area contributed by atoms with Crippen molar-refractivity contribution in [2.45, 2.75) is 73.6 Å². The molecule has 3 atom stereocenters. The number of nitrogens with one attached hydrogen (secondary N) is 4. The van der Waals surface area contributed by atoms with Crippen LogP contribution in [0, 0.1) is 5.41 Å². The van der Waals surface area contributed by atoms with Crippen LogP contribution in [-0.2, 0) is 33.4 Å². The van der Waals surface area contributed by atoms with Gasteiger partial charge in [-0.3, -0.25) is 39.0 Å². The van der Waals surface area contributed by atoms with Crippen molar-refractivity contribution in [3.63, 3.8) is 0 Å². The summed E-state index contributed by atoms with van der Waals surface area (Å²) in [4.78, 5) is 88.3. The standard InChI is InChI=1S/C42H51ClN10O9S/c1-24-36(44)42(23-62-24)12-16-52(17-13-42)30-22-48-39(37(45)50-30)63-29-7-3-6-27(35(29)43)49-32(55)11-10-31(54)47-15-19-61-21-20-60-18-14-46-26-5-2-4-25-34(26)41(59)53(40(25)58)28-8-9-33(56)51-38(28)57/h2-7,22,24,28,36,46H,8-21,23,44H2,1H3,(H2,45,50)(H,47,54)(H,49,55)(H,51,56,57). The maximum absolute atomic E-state index is 13.2. The topological polar surface area (TPSA) is 263 Å². The first-order valence-electron chi connectivity index (χ1n) is 20.9. The van der Waals surface area contributed by atoms with Gasteiger partial charge in [-0.05, 0) is 50.5 Å². The molecule has 3 aromatic rings. The lowest BCUT2D eigenvalue weighted by atomic mass is 9.73. The SMILES string of the molecule is CC1OCC2(CCN(c3cnc(Sc4cccc(NC(=O)CCC(=O)NCCOCCOCCNc5cccc6c5C(=O)N(C5CCC(=O)NC5=O)C6=O)c4Cl)c(N)n3)CC2)C1N. The number of aromatic nitrogens is 2. The van der Waals surface area contributed by atoms with Crippen LogP contribution in [0.2, 0.25) is 5.02 Å². The van der Waals surface area contributed by atoms with E-state index in [4.69, 9.17) is 37.3 Å². The van der Waals surface area contributed by atoms with E-state index in [1.165, 1.54) is 17.8 Å². The van der Waals surface area contributed by atoms with E-state index in [9.17, 15) is 28.8 Å². The highest BCUT2D eigenvalue weighted by atomic mass is 35.5. The zero-order valence-corrected chi connectivity index (χ0v) is 36.4. The number of piperidine rings is 2. The molecule has 4 aliphatic heterocycles. The van der Waals surface area contributed by atoms with Crippen LogP contribution in [0.1, 0.15) is 66.2 Å². The molecule has 1 aromatic heterocycles. The maximum atomic E-state index is 13.2. The second kappa shape index (κ2) is 20.4. The highest BCUT2D eigenvalue weighted by Crippen LogP contribution is 2.43. The Labute approximate surface area is 373 Å². The van der Waals surface area contributed by atoms with Gasteiger partial charge in [0.25, 0.3) is 11.8 Å². The van der Waals surface area contributed by atoms with Crippen LogP contribution in [0.3, 0.4) is 0 Å². The zero-order valence-electron chi connectivity index (χ0n) is 34.8. The molecule has 7 rings (SSSR count). The number of nitrogens with two attached hydrogens (primary N) is 2. The summed E-state index contributed by atoms with van der Waals surface area (Å²) >= 11 is 7.93. The van der Waals surface area contributed by atoms with Crippen molar-refractivity contribution < 1.29 is 43.0 Å². The maximum Gasteiger partial charge on any atom is 0.264 e. The number of ether oxygens (including phenoxy) is 3. The summed E-state index contributed by atoms with van der Waals surface area (Å²) in [5, 5.41) is 11.6. The summed E-state index contributed by atoms with van der Waals surface area (Å²) in [6.45, 7) is 5.86. The van der Waals surface area contributed by atoms with Gasteiger partial charge < -0.3 is 46.5 Å². The molecule has 8 N–H and O–H groups in total. The Morgan fingerprint density at radius 3 is 2.41 bits per heavy atom. The van der Waals surface area contributed by atoms with Crippen LogP contribution in [0.15, 0.2) is 52.5 Å². The normalized spacial score (nSPS) is 20.5. The smallest absolute Gasteiger partial charge is 0.264 e. The Kier molecular flexibility index (Phi) is 14.8. The van der Waals surface area contributed by atoms with Crippen molar-refractivity contribution in [2.24, 2.45) is 11.1 Å². The number of imide groups is 2. The number of anilines is 4. The van der Waals surface area contributed by atoms with Crippen LogP contribution in [-0.4, -0.2) is 128 Å². The number of nitrogen functional groups attached to an aromatic ring is 1. The average molecular weight is 907 g/mol. The zero-order chi connectivity index (χ0) is 44.7. The molecule has 336 valence electrons. The predicted octanol–water partition coefficient (Wildman–Crippen LogP) is 2.58. The molecule has 0 aliphatic carbocycles. The minimum Gasteiger partial charge on any atom is -0.382 e. The number of benzene rings is 2. The number of hydrogen-bond donors (Lipinski definition) is 6. The van der Waals surface area contributed by atoms with E-state index in [2.05, 4.69) is 36.1 Å². The summed E-state index contributed by atoms with van der Waals surface area (Å²) in [5.74, 6) is -2.01. The van der Waals surface area contributed by atoms with Crippen LogP contribution in [0.25, 0.3) is 0 Å². The molecule has 3 fully saturated rings. The first-order valence-corrected chi connectivity index (χ1v) is 22.1. The van der Waals surface area contributed by atoms with E-state index in [-0.39, 0.29) is 105 Å². The molecule has 3 saturated heterocycles. The van der Waals surface area contributed by atoms with Gasteiger partial charge in [0.15, 0.2) is 5.82 Å². The van der Waals surface area contributed by atoms with Crippen LogP contribution in [0.5, 0.6) is 0 Å². The van der Waals surface area contributed by atoms with E-state index in [0.29, 0.717) is 45.3 Å². The summed E-state index contributed by atoms with van der Waals surface area (Å²) in [7, 11) is 0. The second-order valence-corrected chi connectivity index (χ2v) is 17.2. The highest BCUT2D eigenvalue weighted by Gasteiger charge is 2.48. The lowest BCUT2D eigenvalue weighted by molar-refractivity contribution is -0.136. The van der Waals surface area contributed by atoms with Crippen molar-refractivity contribution >= 4 is 81.8 Å². The lowest BCUT2D eigenvalue weighted by Crippen LogP contribution is -2.54. The first kappa shape index (κ1) is 45.6. The highest BCUT2D eigenvalue weighted by molar-refractivity contribution is 7.99. The van der Waals surface area contributed by atoms with Crippen molar-refractivity contribution in [3.8, 4) is 0 Å². The molecule has 0 radical (unpaired) electrons. The molecular formula is C42H51ClN10O9S. The van der Waals surface area contributed by atoms with Crippen molar-refractivity contribution in [3.05, 3.63) is 58.7 Å². The molecule has 0 saturated carbocycles. The lowest BCUT2D eigenvalue weighted by Gasteiger charge is -2.41. The fourth-order valence-corrected chi connectivity index (χ4v) is 9.19. The van der Waals surface area contributed by atoms with E-state index in [0.717, 1.165) is 30.8 Å². The fourth-order valence-electron chi connectivity index (χ4n) is 8.09. The minimum absolute atomic E-state index is 0.00871. The van der Waals surface area contributed by atoms with E-state index >= 15 is 0 Å². The second-order valence-electron chi connectivity index (χ2n) is 15.8. The molecule has 2 aromatic carbocycles. The van der Waals surface area contributed by atoms with Gasteiger partial charge in [-0.15, -0.1) is 0 Å². The Hall–Kier alpha value is -5.38. The average Bonchev–Trinajstić information content (AvgIpc) is 3.69. The van der Waals surface area contributed by atoms with Crippen LogP contribution < -0.4 is 37.6 Å². The number of fused-ring (bicyclic) bond motifs is 1. The third kappa shape index (κ3) is 10.5. The van der Waals surface area contributed by atoms with Gasteiger partial charge >= 0.3 is 0 Å². The molecule has 0 bridgehead atoms. The number of carbonyl (C=O) groups is 6. The number of amides is 6. The number of carbonyl (C=O) groups excluding carboxylic acids is 6. The Morgan fingerprint density at radius 1 is 0.984 bits per heavy atom. The summed E-state index contributed by atoms with van der Waals surface area (Å²) in [6, 6.07) is 9.02. The van der Waals surface area contributed by atoms with Gasteiger partial charge in [-0.1, -0.05) is 35.5 Å². The van der Waals surface area contributed by atoms with Gasteiger partial charge in [0.05, 0.1) is 67.2 Å². The largest absolute Gasteiger partial charge is 0.382 e. The van der Waals surface area contributed by atoms with Gasteiger partial charge in [0, 0.05) is 67.5 Å². The van der Waals surface area contributed by atoms with E-state index in [1.54, 1.807) is 36.5 Å². The molecule has 5 heterocycles. The van der Waals surface area contributed by atoms with Gasteiger partial charge in [0.1, 0.15) is 16.9 Å². The van der Waals surface area contributed by atoms with Gasteiger partial charge in [-0.2, -0.15) is 0 Å². The Balaban J connectivity index is 0.752. The monoisotopic (exact) mass is 906 g/mol. The Bertz CT molecular complexity index is 2240. The van der Waals surface area contributed by atoms with Gasteiger partial charge in [-0.25, -0.2) is 9.97 Å². The number of rotatable bonds is 18. The quantitative estimate of drug-likeness (QED) is 0.0792. The molecule has 4 aliphatic rings. The van der Waals surface area contributed by atoms with Crippen molar-refractivity contribution in [1.29, 1.82) is 0 Å². The molecule has 19 nitrogen and oxygen atoms in total. The van der Waals surface area contributed by atoms with Crippen LogP contribution >= 0.6 is 23.4 Å². The Morgan fingerprint density at radius 2 is 1.70 bits per heavy atom. The molecule has 63 heavy (non-hydrogen) atoms. The summed E-state index contributed by atoms with van der Waals surface area (Å²) in [5.41, 5.74) is 14.0. The number of nitrogens with zero attached hydrogens (tertiary/aromatic N) is 4. The summed E-state index contributed by atoms with van der Waals surface area (Å²) < 4.78 is 17.0. The number of hydrogen-bond acceptors (Lipinski definition) is 16.